The van der Waals surface area contributed by atoms with Gasteiger partial charge in [-0.3, -0.25) is 9.59 Å². The normalized spacial score (nSPS) is 14.0. The van der Waals surface area contributed by atoms with E-state index in [1.165, 1.54) is 0 Å². The van der Waals surface area contributed by atoms with E-state index in [0.717, 1.165) is 11.3 Å². The molecule has 0 bridgehead atoms. The molecule has 0 spiro atoms. The van der Waals surface area contributed by atoms with Gasteiger partial charge in [0, 0.05) is 38.0 Å². The Bertz CT molecular complexity index is 1140. The van der Waals surface area contributed by atoms with E-state index in [1.807, 2.05) is 30.3 Å². The predicted octanol–water partition coefficient (Wildman–Crippen LogP) is 2.72. The van der Waals surface area contributed by atoms with E-state index in [0.29, 0.717) is 50.0 Å². The molecule has 3 aromatic rings. The summed E-state index contributed by atoms with van der Waals surface area (Å²) in [5.74, 6) is 0.495. The number of fused-ring (bicyclic) bond motifs is 1. The van der Waals surface area contributed by atoms with Crippen LogP contribution in [0.1, 0.15) is 22.3 Å². The van der Waals surface area contributed by atoms with Gasteiger partial charge in [-0.1, -0.05) is 30.3 Å². The van der Waals surface area contributed by atoms with Crippen LogP contribution in [-0.4, -0.2) is 54.9 Å². The molecule has 0 saturated carbocycles. The number of amides is 2. The summed E-state index contributed by atoms with van der Waals surface area (Å²) in [4.78, 5) is 41.1. The van der Waals surface area contributed by atoms with Crippen LogP contribution < -0.4 is 10.4 Å². The first-order valence-corrected chi connectivity index (χ1v) is 10.3. The third kappa shape index (κ3) is 4.60. The average molecular weight is 420 g/mol. The average Bonchev–Trinajstić information content (AvgIpc) is 2.82. The molecule has 7 nitrogen and oxygen atoms in total. The lowest BCUT2D eigenvalue weighted by Crippen LogP contribution is -2.51. The third-order valence-corrected chi connectivity index (χ3v) is 5.58. The van der Waals surface area contributed by atoms with Gasteiger partial charge in [0.25, 0.3) is 5.91 Å². The van der Waals surface area contributed by atoms with Gasteiger partial charge in [-0.05, 0) is 36.2 Å². The van der Waals surface area contributed by atoms with Crippen molar-refractivity contribution in [2.24, 2.45) is 0 Å². The summed E-state index contributed by atoms with van der Waals surface area (Å²) >= 11 is 0. The van der Waals surface area contributed by atoms with E-state index in [4.69, 9.17) is 9.15 Å². The first-order valence-electron chi connectivity index (χ1n) is 10.3. The molecule has 4 rings (SSSR count). The van der Waals surface area contributed by atoms with Gasteiger partial charge in [0.1, 0.15) is 16.9 Å². The number of carbonyl (C=O) groups is 2. The molecule has 2 aromatic carbocycles. The molecule has 31 heavy (non-hydrogen) atoms. The van der Waals surface area contributed by atoms with E-state index in [-0.39, 0.29) is 17.4 Å². The lowest BCUT2D eigenvalue weighted by Gasteiger charge is -2.34. The Morgan fingerprint density at radius 3 is 2.35 bits per heavy atom. The maximum absolute atomic E-state index is 12.9. The number of aryl methyl sites for hydroxylation is 1. The Labute approximate surface area is 179 Å². The van der Waals surface area contributed by atoms with Gasteiger partial charge in [0.2, 0.25) is 5.91 Å². The highest BCUT2D eigenvalue weighted by atomic mass is 16.5. The molecule has 7 heteroatoms. The number of ether oxygens (including phenoxy) is 1. The van der Waals surface area contributed by atoms with Crippen LogP contribution in [0.5, 0.6) is 5.75 Å². The van der Waals surface area contributed by atoms with Crippen molar-refractivity contribution >= 4 is 22.8 Å². The van der Waals surface area contributed by atoms with Crippen LogP contribution >= 0.6 is 0 Å². The monoisotopic (exact) mass is 420 g/mol. The number of rotatable bonds is 5. The fourth-order valence-electron chi connectivity index (χ4n) is 3.74. The predicted molar refractivity (Wildman–Crippen MR) is 116 cm³/mol. The maximum Gasteiger partial charge on any atom is 0.349 e. The lowest BCUT2D eigenvalue weighted by molar-refractivity contribution is -0.132. The topological polar surface area (TPSA) is 80.1 Å². The van der Waals surface area contributed by atoms with Gasteiger partial charge in [0.15, 0.2) is 0 Å². The summed E-state index contributed by atoms with van der Waals surface area (Å²) in [7, 11) is 1.62. The van der Waals surface area contributed by atoms with Crippen molar-refractivity contribution in [3.8, 4) is 5.75 Å². The molecular weight excluding hydrogens is 396 g/mol. The van der Waals surface area contributed by atoms with Crippen molar-refractivity contribution in [3.63, 3.8) is 0 Å². The number of nitrogens with zero attached hydrogens (tertiary/aromatic N) is 2. The van der Waals surface area contributed by atoms with Crippen LogP contribution in [0.3, 0.4) is 0 Å². The Kier molecular flexibility index (Phi) is 6.02. The van der Waals surface area contributed by atoms with Crippen molar-refractivity contribution in [1.29, 1.82) is 0 Å². The van der Waals surface area contributed by atoms with Crippen LogP contribution in [-0.2, 0) is 11.2 Å². The summed E-state index contributed by atoms with van der Waals surface area (Å²) in [6, 6.07) is 16.4. The largest absolute Gasteiger partial charge is 0.497 e. The minimum atomic E-state index is -0.637. The van der Waals surface area contributed by atoms with Crippen molar-refractivity contribution < 1.29 is 18.7 Å². The molecule has 0 aliphatic carbocycles. The Hall–Kier alpha value is -3.61. The number of para-hydroxylation sites is 1. The molecule has 0 atom stereocenters. The van der Waals surface area contributed by atoms with E-state index >= 15 is 0 Å². The molecule has 1 fully saturated rings. The zero-order valence-electron chi connectivity index (χ0n) is 17.4. The highest BCUT2D eigenvalue weighted by Crippen LogP contribution is 2.16. The van der Waals surface area contributed by atoms with Crippen LogP contribution in [0.25, 0.3) is 11.0 Å². The van der Waals surface area contributed by atoms with E-state index < -0.39 is 5.63 Å². The SMILES string of the molecule is COc1ccc(CCC(=O)N2CCN(C(=O)c3cc4ccccc4oc3=O)CC2)cc1. The van der Waals surface area contributed by atoms with Crippen molar-refractivity contribution in [3.05, 3.63) is 76.1 Å². The minimum absolute atomic E-state index is 0.0259. The lowest BCUT2D eigenvalue weighted by atomic mass is 10.1. The second kappa shape index (κ2) is 9.04. The molecule has 2 amide bonds. The van der Waals surface area contributed by atoms with E-state index in [1.54, 1.807) is 41.2 Å². The molecular formula is C24H24N2O5. The highest BCUT2D eigenvalue weighted by molar-refractivity contribution is 5.96. The highest BCUT2D eigenvalue weighted by Gasteiger charge is 2.26. The Balaban J connectivity index is 1.33. The first kappa shape index (κ1) is 20.7. The maximum atomic E-state index is 12.9. The number of hydrogen-bond acceptors (Lipinski definition) is 5. The number of benzene rings is 2. The molecule has 0 N–H and O–H groups in total. The zero-order valence-corrected chi connectivity index (χ0v) is 17.4. The number of methoxy groups -OCH3 is 1. The van der Waals surface area contributed by atoms with Crippen LogP contribution in [0.4, 0.5) is 0 Å². The zero-order chi connectivity index (χ0) is 21.8. The molecule has 160 valence electrons. The van der Waals surface area contributed by atoms with Gasteiger partial charge in [-0.2, -0.15) is 0 Å². The van der Waals surface area contributed by atoms with Crippen LogP contribution in [0.2, 0.25) is 0 Å². The Morgan fingerprint density at radius 2 is 1.65 bits per heavy atom. The van der Waals surface area contributed by atoms with Crippen molar-refractivity contribution in [2.45, 2.75) is 12.8 Å². The van der Waals surface area contributed by atoms with Crippen molar-refractivity contribution in [1.82, 2.24) is 9.80 Å². The van der Waals surface area contributed by atoms with Gasteiger partial charge >= 0.3 is 5.63 Å². The second-order valence-electron chi connectivity index (χ2n) is 7.51. The van der Waals surface area contributed by atoms with Crippen LogP contribution in [0.15, 0.2) is 63.8 Å². The smallest absolute Gasteiger partial charge is 0.349 e. The van der Waals surface area contributed by atoms with Gasteiger partial charge in [-0.15, -0.1) is 0 Å². The molecule has 2 heterocycles. The summed E-state index contributed by atoms with van der Waals surface area (Å²) in [5.41, 5.74) is 0.919. The Morgan fingerprint density at radius 1 is 0.968 bits per heavy atom. The molecule has 1 aliphatic heterocycles. The standard InChI is InChI=1S/C24H24N2O5/c1-30-19-9-6-17(7-10-19)8-11-22(27)25-12-14-26(15-13-25)23(28)20-16-18-4-2-3-5-21(18)31-24(20)29/h2-7,9-10,16H,8,11-15H2,1H3. The molecule has 1 aromatic heterocycles. The number of carbonyl (C=O) groups excluding carboxylic acids is 2. The summed E-state index contributed by atoms with van der Waals surface area (Å²) < 4.78 is 10.4. The molecule has 0 unspecified atom stereocenters. The van der Waals surface area contributed by atoms with Gasteiger partial charge in [0.05, 0.1) is 7.11 Å². The van der Waals surface area contributed by atoms with Gasteiger partial charge in [-0.25, -0.2) is 4.79 Å². The second-order valence-corrected chi connectivity index (χ2v) is 7.51. The number of piperazine rings is 1. The van der Waals surface area contributed by atoms with E-state index in [9.17, 15) is 14.4 Å². The minimum Gasteiger partial charge on any atom is -0.497 e. The summed E-state index contributed by atoms with van der Waals surface area (Å²) in [5, 5.41) is 0.706. The molecule has 0 radical (unpaired) electrons. The van der Waals surface area contributed by atoms with Crippen molar-refractivity contribution in [2.75, 3.05) is 33.3 Å². The van der Waals surface area contributed by atoms with E-state index in [2.05, 4.69) is 0 Å². The molecule has 1 saturated heterocycles. The van der Waals surface area contributed by atoms with Gasteiger partial charge < -0.3 is 19.0 Å². The summed E-state index contributed by atoms with van der Waals surface area (Å²) in [6.45, 7) is 1.68. The first-order chi connectivity index (χ1) is 15.0. The third-order valence-electron chi connectivity index (χ3n) is 5.58. The summed E-state index contributed by atoms with van der Waals surface area (Å²) in [6.07, 6.45) is 1.06. The fourth-order valence-corrected chi connectivity index (χ4v) is 3.74. The fraction of sp³-hybridized carbons (Fsp3) is 0.292. The quantitative estimate of drug-likeness (QED) is 0.593. The van der Waals surface area contributed by atoms with Crippen LogP contribution in [0, 0.1) is 0 Å². The molecule has 1 aliphatic rings. The number of hydrogen-bond donors (Lipinski definition) is 0.